The summed E-state index contributed by atoms with van der Waals surface area (Å²) in [6.07, 6.45) is 5.60. The van der Waals surface area contributed by atoms with Crippen molar-refractivity contribution in [3.63, 3.8) is 0 Å². The number of amides is 1. The van der Waals surface area contributed by atoms with E-state index in [-0.39, 0.29) is 28.8 Å². The van der Waals surface area contributed by atoms with Crippen molar-refractivity contribution in [3.8, 4) is 17.4 Å². The number of nitrogens with one attached hydrogen (secondary N) is 1. The summed E-state index contributed by atoms with van der Waals surface area (Å²) in [6.45, 7) is 3.61. The monoisotopic (exact) mass is 420 g/mol. The fourth-order valence-corrected chi connectivity index (χ4v) is 3.78. The Bertz CT molecular complexity index is 1340. The van der Waals surface area contributed by atoms with Crippen LogP contribution >= 0.6 is 0 Å². The lowest BCUT2D eigenvalue weighted by molar-refractivity contribution is -0.119. The van der Waals surface area contributed by atoms with Gasteiger partial charge in [0, 0.05) is 0 Å². The number of aryl methyl sites for hydroxylation is 1. The average molecular weight is 420 g/mol. The van der Waals surface area contributed by atoms with Crippen molar-refractivity contribution in [2.24, 2.45) is 0 Å². The van der Waals surface area contributed by atoms with Gasteiger partial charge in [0.15, 0.2) is 11.5 Å². The highest BCUT2D eigenvalue weighted by Gasteiger charge is 2.49. The van der Waals surface area contributed by atoms with Crippen molar-refractivity contribution in [2.45, 2.75) is 32.1 Å². The molecule has 1 aliphatic rings. The van der Waals surface area contributed by atoms with Gasteiger partial charge in [0.25, 0.3) is 0 Å². The molecule has 5 rings (SSSR count). The molecule has 4 aromatic rings. The Morgan fingerprint density at radius 3 is 2.81 bits per heavy atom. The number of anilines is 1. The maximum Gasteiger partial charge on any atom is 0.242 e. The summed E-state index contributed by atoms with van der Waals surface area (Å²) < 4.78 is 14.9. The molecule has 1 atom stereocenters. The lowest BCUT2D eigenvalue weighted by atomic mass is 9.81. The minimum atomic E-state index is -1.37. The Kier molecular flexibility index (Phi) is 4.14. The summed E-state index contributed by atoms with van der Waals surface area (Å²) in [5, 5.41) is 17.6. The van der Waals surface area contributed by atoms with Crippen LogP contribution in [0.3, 0.4) is 0 Å². The van der Waals surface area contributed by atoms with Gasteiger partial charge in [-0.15, -0.1) is 0 Å². The molecule has 0 aliphatic carbocycles. The van der Waals surface area contributed by atoms with E-state index in [1.165, 1.54) is 18.5 Å². The normalized spacial score (nSPS) is 17.7. The number of aromatic nitrogens is 7. The molecule has 0 spiro atoms. The minimum Gasteiger partial charge on any atom is -0.493 e. The summed E-state index contributed by atoms with van der Waals surface area (Å²) >= 11 is 0. The first-order valence-electron chi connectivity index (χ1n) is 9.66. The smallest absolute Gasteiger partial charge is 0.242 e. The van der Waals surface area contributed by atoms with Gasteiger partial charge in [0.2, 0.25) is 11.8 Å². The standard InChI is InChI=1S/C20H17FN8O2/c1-3-4-11-17-23-9-24-29(17)8-12(25-11)15-26-16-14(18(30)27-15)20(2,19(31)28-16)13-6-5-10(21)7-22-13/h5-9H,3-4H2,1-2H3,(H2,26,27,28,30,31). The molecule has 5 heterocycles. The fourth-order valence-electron chi connectivity index (χ4n) is 3.78. The van der Waals surface area contributed by atoms with Crippen molar-refractivity contribution >= 4 is 17.4 Å². The Labute approximate surface area is 175 Å². The second kappa shape index (κ2) is 6.76. The molecule has 2 N–H and O–H groups in total. The number of nitrogens with zero attached hydrogens (tertiary/aromatic N) is 7. The molecule has 156 valence electrons. The maximum absolute atomic E-state index is 13.3. The van der Waals surface area contributed by atoms with Gasteiger partial charge in [0.1, 0.15) is 29.1 Å². The molecule has 10 nitrogen and oxygen atoms in total. The van der Waals surface area contributed by atoms with Crippen LogP contribution in [0.5, 0.6) is 5.88 Å². The van der Waals surface area contributed by atoms with Gasteiger partial charge in [-0.25, -0.2) is 23.9 Å². The zero-order chi connectivity index (χ0) is 21.8. The van der Waals surface area contributed by atoms with E-state index in [0.29, 0.717) is 17.8 Å². The summed E-state index contributed by atoms with van der Waals surface area (Å²) in [5.74, 6) is -1.08. The minimum absolute atomic E-state index is 0.127. The number of aromatic hydroxyl groups is 1. The highest BCUT2D eigenvalue weighted by molar-refractivity contribution is 6.08. The molecule has 0 fully saturated rings. The molecular formula is C20H17FN8O2. The number of rotatable bonds is 4. The van der Waals surface area contributed by atoms with Gasteiger partial charge >= 0.3 is 0 Å². The van der Waals surface area contributed by atoms with Gasteiger partial charge < -0.3 is 10.4 Å². The van der Waals surface area contributed by atoms with Crippen LogP contribution in [0.15, 0.2) is 30.9 Å². The number of carbonyl (C=O) groups excluding carboxylic acids is 1. The SMILES string of the molecule is CCCc1nc(-c2nc(O)c3c(n2)NC(=O)C3(C)c2ccc(F)cn2)cn2ncnc12. The molecule has 0 saturated carbocycles. The fraction of sp³-hybridized carbons (Fsp3) is 0.250. The summed E-state index contributed by atoms with van der Waals surface area (Å²) in [5.41, 5.74) is 0.815. The first-order chi connectivity index (χ1) is 14.9. The second-order valence-corrected chi connectivity index (χ2v) is 7.39. The molecule has 1 unspecified atom stereocenters. The van der Waals surface area contributed by atoms with Crippen LogP contribution in [-0.2, 0) is 16.6 Å². The number of halogens is 1. The predicted octanol–water partition coefficient (Wildman–Crippen LogP) is 2.03. The van der Waals surface area contributed by atoms with Crippen molar-refractivity contribution in [1.29, 1.82) is 0 Å². The largest absolute Gasteiger partial charge is 0.493 e. The Hall–Kier alpha value is -4.02. The Morgan fingerprint density at radius 1 is 1.23 bits per heavy atom. The first kappa shape index (κ1) is 19.0. The van der Waals surface area contributed by atoms with Crippen LogP contribution in [0.1, 0.15) is 37.2 Å². The van der Waals surface area contributed by atoms with E-state index in [1.807, 2.05) is 6.92 Å². The molecule has 0 bridgehead atoms. The molecule has 0 aromatic carbocycles. The van der Waals surface area contributed by atoms with Crippen LogP contribution in [-0.4, -0.2) is 45.5 Å². The number of fused-ring (bicyclic) bond motifs is 2. The van der Waals surface area contributed by atoms with E-state index < -0.39 is 17.1 Å². The molecular weight excluding hydrogens is 403 g/mol. The Balaban J connectivity index is 1.66. The molecule has 11 heteroatoms. The number of hydrogen-bond acceptors (Lipinski definition) is 8. The van der Waals surface area contributed by atoms with Crippen molar-refractivity contribution in [3.05, 3.63) is 53.6 Å². The summed E-state index contributed by atoms with van der Waals surface area (Å²) in [6, 6.07) is 2.60. The molecule has 1 amide bonds. The van der Waals surface area contributed by atoms with E-state index in [1.54, 1.807) is 17.6 Å². The molecule has 1 aliphatic heterocycles. The number of carbonyl (C=O) groups is 1. The summed E-state index contributed by atoms with van der Waals surface area (Å²) in [7, 11) is 0. The molecule has 0 saturated heterocycles. The van der Waals surface area contributed by atoms with E-state index in [2.05, 4.69) is 35.3 Å². The lowest BCUT2D eigenvalue weighted by Crippen LogP contribution is -2.33. The van der Waals surface area contributed by atoms with E-state index in [4.69, 9.17) is 0 Å². The Morgan fingerprint density at radius 2 is 2.06 bits per heavy atom. The molecule has 4 aromatic heterocycles. The van der Waals surface area contributed by atoms with Crippen LogP contribution in [0.2, 0.25) is 0 Å². The van der Waals surface area contributed by atoms with E-state index >= 15 is 0 Å². The van der Waals surface area contributed by atoms with Gasteiger partial charge in [-0.3, -0.25) is 9.78 Å². The van der Waals surface area contributed by atoms with Crippen molar-refractivity contribution in [1.82, 2.24) is 34.5 Å². The molecule has 31 heavy (non-hydrogen) atoms. The van der Waals surface area contributed by atoms with E-state index in [0.717, 1.165) is 18.3 Å². The first-order valence-corrected chi connectivity index (χ1v) is 9.66. The summed E-state index contributed by atoms with van der Waals surface area (Å²) in [4.78, 5) is 34.4. The predicted molar refractivity (Wildman–Crippen MR) is 107 cm³/mol. The second-order valence-electron chi connectivity index (χ2n) is 7.39. The van der Waals surface area contributed by atoms with Crippen molar-refractivity contribution in [2.75, 3.05) is 5.32 Å². The number of hydrogen-bond donors (Lipinski definition) is 2. The molecule has 0 radical (unpaired) electrons. The third kappa shape index (κ3) is 2.80. The van der Waals surface area contributed by atoms with Gasteiger partial charge in [-0.05, 0) is 25.5 Å². The van der Waals surface area contributed by atoms with Crippen molar-refractivity contribution < 1.29 is 14.3 Å². The van der Waals surface area contributed by atoms with E-state index in [9.17, 15) is 14.3 Å². The van der Waals surface area contributed by atoms with Gasteiger partial charge in [-0.1, -0.05) is 13.3 Å². The van der Waals surface area contributed by atoms with Gasteiger partial charge in [0.05, 0.1) is 29.3 Å². The van der Waals surface area contributed by atoms with Gasteiger partial charge in [-0.2, -0.15) is 10.1 Å². The van der Waals surface area contributed by atoms with Crippen LogP contribution < -0.4 is 5.32 Å². The number of pyridine rings is 1. The quantitative estimate of drug-likeness (QED) is 0.513. The zero-order valence-electron chi connectivity index (χ0n) is 16.7. The third-order valence-electron chi connectivity index (χ3n) is 5.36. The highest BCUT2D eigenvalue weighted by atomic mass is 19.1. The topological polar surface area (TPSA) is 131 Å². The third-order valence-corrected chi connectivity index (χ3v) is 5.36. The lowest BCUT2D eigenvalue weighted by Gasteiger charge is -2.21. The van der Waals surface area contributed by atoms with Crippen LogP contribution in [0, 0.1) is 5.82 Å². The zero-order valence-corrected chi connectivity index (χ0v) is 16.7. The highest BCUT2D eigenvalue weighted by Crippen LogP contribution is 2.45. The average Bonchev–Trinajstić information content (AvgIpc) is 3.32. The van der Waals surface area contributed by atoms with Crippen LogP contribution in [0.4, 0.5) is 10.2 Å². The van der Waals surface area contributed by atoms with Crippen LogP contribution in [0.25, 0.3) is 17.2 Å². The maximum atomic E-state index is 13.3.